The minimum atomic E-state index is 0.191. The van der Waals surface area contributed by atoms with E-state index in [2.05, 4.69) is 45.9 Å². The summed E-state index contributed by atoms with van der Waals surface area (Å²) in [5, 5.41) is 0. The first-order chi connectivity index (χ1) is 7.01. The van der Waals surface area contributed by atoms with Gasteiger partial charge in [0.2, 0.25) is 0 Å². The van der Waals surface area contributed by atoms with Crippen LogP contribution >= 0.6 is 0 Å². The Labute approximate surface area is 93.5 Å². The summed E-state index contributed by atoms with van der Waals surface area (Å²) in [7, 11) is 0. The molecule has 0 aliphatic rings. The van der Waals surface area contributed by atoms with Crippen molar-refractivity contribution in [2.24, 2.45) is 0 Å². The van der Waals surface area contributed by atoms with Gasteiger partial charge in [0.1, 0.15) is 5.75 Å². The van der Waals surface area contributed by atoms with E-state index in [0.29, 0.717) is 0 Å². The SMILES string of the molecule is CCOc1ccc(C)cc1C(C)(C)CC. The topological polar surface area (TPSA) is 9.23 Å². The summed E-state index contributed by atoms with van der Waals surface area (Å²) < 4.78 is 5.68. The zero-order valence-corrected chi connectivity index (χ0v) is 10.6. The lowest BCUT2D eigenvalue weighted by atomic mass is 9.81. The van der Waals surface area contributed by atoms with Gasteiger partial charge in [0.25, 0.3) is 0 Å². The lowest BCUT2D eigenvalue weighted by molar-refractivity contribution is 0.326. The molecule has 0 atom stereocenters. The summed E-state index contributed by atoms with van der Waals surface area (Å²) in [6.45, 7) is 11.6. The second-order valence-corrected chi connectivity index (χ2v) is 4.67. The Bertz CT molecular complexity index is 326. The summed E-state index contributed by atoms with van der Waals surface area (Å²) in [5.41, 5.74) is 2.82. The van der Waals surface area contributed by atoms with E-state index >= 15 is 0 Å². The van der Waals surface area contributed by atoms with Gasteiger partial charge in [0.05, 0.1) is 6.61 Å². The van der Waals surface area contributed by atoms with Crippen molar-refractivity contribution < 1.29 is 4.74 Å². The third-order valence-electron chi connectivity index (χ3n) is 3.05. The molecule has 1 rings (SSSR count). The third kappa shape index (κ3) is 2.74. The quantitative estimate of drug-likeness (QED) is 0.721. The Kier molecular flexibility index (Phi) is 3.78. The number of hydrogen-bond donors (Lipinski definition) is 0. The van der Waals surface area contributed by atoms with Crippen molar-refractivity contribution in [3.05, 3.63) is 29.3 Å². The van der Waals surface area contributed by atoms with Gasteiger partial charge < -0.3 is 4.74 Å². The molecule has 0 saturated carbocycles. The van der Waals surface area contributed by atoms with Gasteiger partial charge in [0, 0.05) is 0 Å². The number of aryl methyl sites for hydroxylation is 1. The monoisotopic (exact) mass is 206 g/mol. The van der Waals surface area contributed by atoms with Crippen LogP contribution < -0.4 is 4.74 Å². The number of benzene rings is 1. The fourth-order valence-corrected chi connectivity index (χ4v) is 1.64. The predicted molar refractivity (Wildman–Crippen MR) is 65.7 cm³/mol. The molecule has 0 aromatic heterocycles. The molecule has 0 radical (unpaired) electrons. The summed E-state index contributed by atoms with van der Waals surface area (Å²) in [5.74, 6) is 1.04. The normalized spacial score (nSPS) is 11.5. The van der Waals surface area contributed by atoms with Crippen LogP contribution in [0.1, 0.15) is 45.2 Å². The van der Waals surface area contributed by atoms with Gasteiger partial charge in [-0.1, -0.05) is 38.5 Å². The van der Waals surface area contributed by atoms with Crippen molar-refractivity contribution in [2.75, 3.05) is 6.61 Å². The van der Waals surface area contributed by atoms with Crippen molar-refractivity contribution in [1.29, 1.82) is 0 Å². The molecule has 0 bridgehead atoms. The smallest absolute Gasteiger partial charge is 0.123 e. The molecule has 0 heterocycles. The van der Waals surface area contributed by atoms with Crippen molar-refractivity contribution in [3.63, 3.8) is 0 Å². The average molecular weight is 206 g/mol. The van der Waals surface area contributed by atoms with Crippen LogP contribution in [0.2, 0.25) is 0 Å². The molecule has 1 aromatic carbocycles. The van der Waals surface area contributed by atoms with E-state index in [0.717, 1.165) is 18.8 Å². The van der Waals surface area contributed by atoms with E-state index in [4.69, 9.17) is 4.74 Å². The number of hydrogen-bond acceptors (Lipinski definition) is 1. The lowest BCUT2D eigenvalue weighted by Gasteiger charge is -2.26. The van der Waals surface area contributed by atoms with Crippen LogP contribution in [0.4, 0.5) is 0 Å². The Balaban J connectivity index is 3.17. The fraction of sp³-hybridized carbons (Fsp3) is 0.571. The molecule has 0 saturated heterocycles. The van der Waals surface area contributed by atoms with Gasteiger partial charge in [-0.05, 0) is 37.3 Å². The van der Waals surface area contributed by atoms with Gasteiger partial charge in [-0.15, -0.1) is 0 Å². The molecule has 0 spiro atoms. The average Bonchev–Trinajstić information content (AvgIpc) is 2.21. The molecule has 0 N–H and O–H groups in total. The van der Waals surface area contributed by atoms with Gasteiger partial charge in [0.15, 0.2) is 0 Å². The van der Waals surface area contributed by atoms with Crippen molar-refractivity contribution in [3.8, 4) is 5.75 Å². The van der Waals surface area contributed by atoms with Crippen LogP contribution in [-0.4, -0.2) is 6.61 Å². The molecule has 1 heteroatoms. The maximum Gasteiger partial charge on any atom is 0.123 e. The highest BCUT2D eigenvalue weighted by Gasteiger charge is 2.22. The Hall–Kier alpha value is -0.980. The summed E-state index contributed by atoms with van der Waals surface area (Å²) >= 11 is 0. The summed E-state index contributed by atoms with van der Waals surface area (Å²) in [4.78, 5) is 0. The third-order valence-corrected chi connectivity index (χ3v) is 3.05. The standard InChI is InChI=1S/C14H22O/c1-6-14(4,5)12-10-11(3)8-9-13(12)15-7-2/h8-10H,6-7H2,1-5H3. The molecule has 1 aromatic rings. The van der Waals surface area contributed by atoms with Crippen LogP contribution in [-0.2, 0) is 5.41 Å². The maximum absolute atomic E-state index is 5.68. The fourth-order valence-electron chi connectivity index (χ4n) is 1.64. The highest BCUT2D eigenvalue weighted by atomic mass is 16.5. The Morgan fingerprint density at radius 1 is 1.20 bits per heavy atom. The second-order valence-electron chi connectivity index (χ2n) is 4.67. The Morgan fingerprint density at radius 3 is 2.40 bits per heavy atom. The minimum Gasteiger partial charge on any atom is -0.494 e. The van der Waals surface area contributed by atoms with E-state index in [1.54, 1.807) is 0 Å². The second kappa shape index (κ2) is 4.69. The first-order valence-corrected chi connectivity index (χ1v) is 5.75. The van der Waals surface area contributed by atoms with Gasteiger partial charge in [-0.3, -0.25) is 0 Å². The van der Waals surface area contributed by atoms with E-state index < -0.39 is 0 Å². The lowest BCUT2D eigenvalue weighted by Crippen LogP contribution is -2.17. The van der Waals surface area contributed by atoms with Crippen molar-refractivity contribution in [2.45, 2.75) is 46.5 Å². The molecular formula is C14H22O. The summed E-state index contributed by atoms with van der Waals surface area (Å²) in [6.07, 6.45) is 1.12. The van der Waals surface area contributed by atoms with E-state index in [1.165, 1.54) is 11.1 Å². The molecule has 84 valence electrons. The highest BCUT2D eigenvalue weighted by Crippen LogP contribution is 2.34. The zero-order chi connectivity index (χ0) is 11.5. The zero-order valence-electron chi connectivity index (χ0n) is 10.6. The molecule has 0 aliphatic heterocycles. The van der Waals surface area contributed by atoms with Crippen molar-refractivity contribution in [1.82, 2.24) is 0 Å². The van der Waals surface area contributed by atoms with Crippen molar-refractivity contribution >= 4 is 0 Å². The van der Waals surface area contributed by atoms with Crippen LogP contribution in [0, 0.1) is 6.92 Å². The number of ether oxygens (including phenoxy) is 1. The molecule has 0 unspecified atom stereocenters. The van der Waals surface area contributed by atoms with Crippen LogP contribution in [0.5, 0.6) is 5.75 Å². The van der Waals surface area contributed by atoms with Crippen LogP contribution in [0.3, 0.4) is 0 Å². The van der Waals surface area contributed by atoms with Gasteiger partial charge in [-0.25, -0.2) is 0 Å². The molecule has 0 aliphatic carbocycles. The molecular weight excluding hydrogens is 184 g/mol. The predicted octanol–water partition coefficient (Wildman–Crippen LogP) is 4.08. The highest BCUT2D eigenvalue weighted by molar-refractivity contribution is 5.41. The minimum absolute atomic E-state index is 0.191. The summed E-state index contributed by atoms with van der Waals surface area (Å²) in [6, 6.07) is 6.44. The largest absolute Gasteiger partial charge is 0.494 e. The molecule has 1 nitrogen and oxygen atoms in total. The van der Waals surface area contributed by atoms with E-state index in [-0.39, 0.29) is 5.41 Å². The molecule has 0 fully saturated rings. The van der Waals surface area contributed by atoms with E-state index in [9.17, 15) is 0 Å². The van der Waals surface area contributed by atoms with Crippen LogP contribution in [0.25, 0.3) is 0 Å². The first-order valence-electron chi connectivity index (χ1n) is 5.75. The van der Waals surface area contributed by atoms with Crippen LogP contribution in [0.15, 0.2) is 18.2 Å². The molecule has 15 heavy (non-hydrogen) atoms. The maximum atomic E-state index is 5.68. The number of rotatable bonds is 4. The van der Waals surface area contributed by atoms with Gasteiger partial charge >= 0.3 is 0 Å². The Morgan fingerprint density at radius 2 is 1.87 bits per heavy atom. The van der Waals surface area contributed by atoms with Gasteiger partial charge in [-0.2, -0.15) is 0 Å². The molecule has 0 amide bonds. The first kappa shape index (κ1) is 12.1. The van der Waals surface area contributed by atoms with E-state index in [1.807, 2.05) is 6.92 Å².